The van der Waals surface area contributed by atoms with E-state index in [2.05, 4.69) is 5.32 Å². The second-order valence-corrected chi connectivity index (χ2v) is 3.75. The highest BCUT2D eigenvalue weighted by Gasteiger charge is 1.95. The van der Waals surface area contributed by atoms with E-state index in [1.165, 1.54) is 5.56 Å². The first kappa shape index (κ1) is 12.0. The van der Waals surface area contributed by atoms with Crippen LogP contribution >= 0.6 is 0 Å². The van der Waals surface area contributed by atoms with E-state index in [9.17, 15) is 0 Å². The average Bonchev–Trinajstić information content (AvgIpc) is 2.20. The first-order chi connectivity index (χ1) is 7.18. The van der Waals surface area contributed by atoms with E-state index in [1.807, 2.05) is 12.1 Å². The van der Waals surface area contributed by atoms with Crippen molar-refractivity contribution >= 4 is 0 Å². The number of hydrogen-bond acceptors (Lipinski definition) is 3. The fourth-order valence-electron chi connectivity index (χ4n) is 1.43. The van der Waals surface area contributed by atoms with Crippen LogP contribution in [-0.4, -0.2) is 23.0 Å². The maximum atomic E-state index is 9.09. The summed E-state index contributed by atoms with van der Waals surface area (Å²) in [6, 6.07) is 7.31. The van der Waals surface area contributed by atoms with Crippen LogP contribution in [0.1, 0.15) is 25.3 Å². The molecule has 84 valence electrons. The number of aliphatic hydroxyl groups is 1. The summed E-state index contributed by atoms with van der Waals surface area (Å²) in [5.74, 6) is 0.314. The third-order valence-electron chi connectivity index (χ3n) is 2.27. The van der Waals surface area contributed by atoms with E-state index in [0.717, 1.165) is 25.8 Å². The maximum absolute atomic E-state index is 9.09. The van der Waals surface area contributed by atoms with Gasteiger partial charge in [-0.05, 0) is 50.4 Å². The molecule has 1 aromatic carbocycles. The molecule has 0 saturated heterocycles. The highest BCUT2D eigenvalue weighted by molar-refractivity contribution is 5.25. The normalized spacial score (nSPS) is 12.7. The van der Waals surface area contributed by atoms with Crippen LogP contribution in [0, 0.1) is 0 Å². The lowest BCUT2D eigenvalue weighted by molar-refractivity contribution is 0.156. The Hall–Kier alpha value is -1.06. The molecular weight excluding hydrogens is 190 g/mol. The van der Waals surface area contributed by atoms with Crippen LogP contribution in [0.15, 0.2) is 24.3 Å². The van der Waals surface area contributed by atoms with Crippen LogP contribution in [0.3, 0.4) is 0 Å². The maximum Gasteiger partial charge on any atom is 0.115 e. The van der Waals surface area contributed by atoms with Crippen molar-refractivity contribution in [2.45, 2.75) is 32.4 Å². The van der Waals surface area contributed by atoms with Gasteiger partial charge in [0.15, 0.2) is 0 Å². The van der Waals surface area contributed by atoms with Crippen molar-refractivity contribution in [2.24, 2.45) is 0 Å². The molecule has 1 atom stereocenters. The van der Waals surface area contributed by atoms with Crippen molar-refractivity contribution < 1.29 is 10.2 Å². The largest absolute Gasteiger partial charge is 0.508 e. The van der Waals surface area contributed by atoms with Gasteiger partial charge in [-0.25, -0.2) is 0 Å². The van der Waals surface area contributed by atoms with Gasteiger partial charge in [-0.3, -0.25) is 5.32 Å². The minimum atomic E-state index is -0.418. The molecule has 0 aromatic heterocycles. The summed E-state index contributed by atoms with van der Waals surface area (Å²) in [7, 11) is 0. The van der Waals surface area contributed by atoms with E-state index in [4.69, 9.17) is 10.2 Å². The molecular formula is C12H19NO2. The quantitative estimate of drug-likeness (QED) is 0.493. The Balaban J connectivity index is 2.12. The van der Waals surface area contributed by atoms with Gasteiger partial charge in [0.1, 0.15) is 12.0 Å². The lowest BCUT2D eigenvalue weighted by Crippen LogP contribution is -2.26. The van der Waals surface area contributed by atoms with Gasteiger partial charge in [0, 0.05) is 0 Å². The van der Waals surface area contributed by atoms with E-state index < -0.39 is 6.23 Å². The van der Waals surface area contributed by atoms with Gasteiger partial charge in [0.25, 0.3) is 0 Å². The Morgan fingerprint density at radius 1 is 1.20 bits per heavy atom. The lowest BCUT2D eigenvalue weighted by Gasteiger charge is -2.06. The van der Waals surface area contributed by atoms with E-state index in [-0.39, 0.29) is 0 Å². The van der Waals surface area contributed by atoms with Gasteiger partial charge in [0.2, 0.25) is 0 Å². The molecule has 15 heavy (non-hydrogen) atoms. The number of benzene rings is 1. The molecule has 1 rings (SSSR count). The molecule has 3 nitrogen and oxygen atoms in total. The van der Waals surface area contributed by atoms with E-state index >= 15 is 0 Å². The number of aromatic hydroxyl groups is 1. The highest BCUT2D eigenvalue weighted by atomic mass is 16.3. The summed E-state index contributed by atoms with van der Waals surface area (Å²) >= 11 is 0. The van der Waals surface area contributed by atoms with Gasteiger partial charge in [-0.15, -0.1) is 0 Å². The summed E-state index contributed by atoms with van der Waals surface area (Å²) in [6.45, 7) is 2.57. The van der Waals surface area contributed by atoms with Crippen molar-refractivity contribution in [3.05, 3.63) is 29.8 Å². The Labute approximate surface area is 90.8 Å². The van der Waals surface area contributed by atoms with Gasteiger partial charge in [0.05, 0.1) is 0 Å². The number of phenols is 1. The Bertz CT molecular complexity index is 269. The molecule has 0 saturated carbocycles. The molecule has 0 unspecified atom stereocenters. The first-order valence-electron chi connectivity index (χ1n) is 5.38. The molecule has 1 aromatic rings. The second-order valence-electron chi connectivity index (χ2n) is 3.75. The summed E-state index contributed by atoms with van der Waals surface area (Å²) in [4.78, 5) is 0. The smallest absolute Gasteiger partial charge is 0.115 e. The summed E-state index contributed by atoms with van der Waals surface area (Å²) in [5.41, 5.74) is 1.24. The molecule has 3 heteroatoms. The third kappa shape index (κ3) is 5.40. The summed E-state index contributed by atoms with van der Waals surface area (Å²) in [5, 5.41) is 21.0. The monoisotopic (exact) mass is 209 g/mol. The molecule has 3 N–H and O–H groups in total. The average molecular weight is 209 g/mol. The number of nitrogens with one attached hydrogen (secondary N) is 1. The molecule has 0 aliphatic rings. The highest BCUT2D eigenvalue weighted by Crippen LogP contribution is 2.11. The Kier molecular flexibility index (Phi) is 5.15. The standard InChI is InChI=1S/C12H19NO2/c1-10(14)13-9-3-2-4-11-5-7-12(15)8-6-11/h5-8,10,13-15H,2-4,9H2,1H3/t10-/m0/s1. The van der Waals surface area contributed by atoms with Crippen LogP contribution in [0.2, 0.25) is 0 Å². The zero-order valence-electron chi connectivity index (χ0n) is 9.11. The van der Waals surface area contributed by atoms with E-state index in [0.29, 0.717) is 5.75 Å². The van der Waals surface area contributed by atoms with Crippen LogP contribution in [0.4, 0.5) is 0 Å². The van der Waals surface area contributed by atoms with Crippen molar-refractivity contribution in [3.8, 4) is 5.75 Å². The molecule has 0 aliphatic carbocycles. The minimum absolute atomic E-state index is 0.314. The number of hydrogen-bond donors (Lipinski definition) is 3. The lowest BCUT2D eigenvalue weighted by atomic mass is 10.1. The Morgan fingerprint density at radius 2 is 1.87 bits per heavy atom. The molecule has 0 fully saturated rings. The topological polar surface area (TPSA) is 52.5 Å². The molecule has 0 aliphatic heterocycles. The van der Waals surface area contributed by atoms with E-state index in [1.54, 1.807) is 19.1 Å². The molecule has 0 bridgehead atoms. The molecule has 0 heterocycles. The molecule has 0 amide bonds. The predicted molar refractivity (Wildman–Crippen MR) is 60.7 cm³/mol. The van der Waals surface area contributed by atoms with Crippen LogP contribution in [0.5, 0.6) is 5.75 Å². The van der Waals surface area contributed by atoms with Crippen LogP contribution in [0.25, 0.3) is 0 Å². The van der Waals surface area contributed by atoms with Gasteiger partial charge < -0.3 is 10.2 Å². The Morgan fingerprint density at radius 3 is 2.47 bits per heavy atom. The van der Waals surface area contributed by atoms with Crippen molar-refractivity contribution in [2.75, 3.05) is 6.54 Å². The fourth-order valence-corrected chi connectivity index (χ4v) is 1.43. The number of aryl methyl sites for hydroxylation is 1. The fraction of sp³-hybridized carbons (Fsp3) is 0.500. The van der Waals surface area contributed by atoms with Crippen molar-refractivity contribution in [1.82, 2.24) is 5.32 Å². The van der Waals surface area contributed by atoms with Gasteiger partial charge in [-0.2, -0.15) is 0 Å². The minimum Gasteiger partial charge on any atom is -0.508 e. The first-order valence-corrected chi connectivity index (χ1v) is 5.38. The van der Waals surface area contributed by atoms with Crippen molar-refractivity contribution in [3.63, 3.8) is 0 Å². The van der Waals surface area contributed by atoms with Crippen molar-refractivity contribution in [1.29, 1.82) is 0 Å². The van der Waals surface area contributed by atoms with Gasteiger partial charge in [-0.1, -0.05) is 12.1 Å². The second kappa shape index (κ2) is 6.43. The predicted octanol–water partition coefficient (Wildman–Crippen LogP) is 1.64. The van der Waals surface area contributed by atoms with Crippen LogP contribution in [-0.2, 0) is 6.42 Å². The SMILES string of the molecule is C[C@H](O)NCCCCc1ccc(O)cc1. The third-order valence-corrected chi connectivity index (χ3v) is 2.27. The number of unbranched alkanes of at least 4 members (excludes halogenated alkanes) is 1. The zero-order valence-corrected chi connectivity index (χ0v) is 9.11. The van der Waals surface area contributed by atoms with Crippen LogP contribution < -0.4 is 5.32 Å². The number of aliphatic hydroxyl groups excluding tert-OH is 1. The molecule has 0 spiro atoms. The number of rotatable bonds is 6. The molecule has 0 radical (unpaired) electrons. The van der Waals surface area contributed by atoms with Gasteiger partial charge >= 0.3 is 0 Å². The summed E-state index contributed by atoms with van der Waals surface area (Å²) in [6.07, 6.45) is 2.73. The number of phenolic OH excluding ortho intramolecular Hbond substituents is 1. The zero-order chi connectivity index (χ0) is 11.1. The summed E-state index contributed by atoms with van der Waals surface area (Å²) < 4.78 is 0.